The lowest BCUT2D eigenvalue weighted by Gasteiger charge is -2.26. The Morgan fingerprint density at radius 3 is 2.57 bits per heavy atom. The number of carbonyl (C=O) groups is 1. The first-order chi connectivity index (χ1) is 13.6. The number of rotatable bonds is 5. The summed E-state index contributed by atoms with van der Waals surface area (Å²) in [5.41, 5.74) is 1.06. The van der Waals surface area contributed by atoms with E-state index < -0.39 is 5.54 Å². The molecule has 0 aliphatic heterocycles. The van der Waals surface area contributed by atoms with E-state index in [1.165, 1.54) is 0 Å². The van der Waals surface area contributed by atoms with Crippen molar-refractivity contribution in [1.29, 1.82) is 0 Å². The molecule has 2 aromatic heterocycles. The van der Waals surface area contributed by atoms with Crippen molar-refractivity contribution in [3.8, 4) is 5.69 Å². The Morgan fingerprint density at radius 2 is 1.96 bits per heavy atom. The lowest BCUT2D eigenvalue weighted by atomic mass is 9.97. The van der Waals surface area contributed by atoms with Crippen LogP contribution in [-0.2, 0) is 5.54 Å². The van der Waals surface area contributed by atoms with Gasteiger partial charge in [0, 0.05) is 24.0 Å². The van der Waals surface area contributed by atoms with Crippen LogP contribution in [-0.4, -0.2) is 26.0 Å². The minimum absolute atomic E-state index is 0.154. The summed E-state index contributed by atoms with van der Waals surface area (Å²) in [5, 5.41) is 14.3. The Bertz CT molecular complexity index is 924. The van der Waals surface area contributed by atoms with Crippen molar-refractivity contribution in [3.63, 3.8) is 0 Å². The van der Waals surface area contributed by atoms with Crippen LogP contribution in [0.15, 0.2) is 47.2 Å². The SMILES string of the molecule is CC(C)c1nc(C2(NC(=O)Nc3ccc(-n4cccn4)cc3)CCCC2)no1. The van der Waals surface area contributed by atoms with E-state index in [0.717, 1.165) is 31.4 Å². The highest BCUT2D eigenvalue weighted by Crippen LogP contribution is 2.37. The summed E-state index contributed by atoms with van der Waals surface area (Å²) < 4.78 is 7.13. The van der Waals surface area contributed by atoms with Gasteiger partial charge >= 0.3 is 6.03 Å². The van der Waals surface area contributed by atoms with E-state index in [-0.39, 0.29) is 11.9 Å². The highest BCUT2D eigenvalue weighted by molar-refractivity contribution is 5.89. The molecule has 0 radical (unpaired) electrons. The molecule has 0 atom stereocenters. The molecule has 2 heterocycles. The molecule has 28 heavy (non-hydrogen) atoms. The predicted molar refractivity (Wildman–Crippen MR) is 104 cm³/mol. The molecule has 0 bridgehead atoms. The number of nitrogens with one attached hydrogen (secondary N) is 2. The van der Waals surface area contributed by atoms with E-state index in [9.17, 15) is 4.79 Å². The minimum Gasteiger partial charge on any atom is -0.339 e. The van der Waals surface area contributed by atoms with Gasteiger partial charge in [0.1, 0.15) is 5.54 Å². The fraction of sp³-hybridized carbons (Fsp3) is 0.400. The average molecular weight is 380 g/mol. The first kappa shape index (κ1) is 18.2. The van der Waals surface area contributed by atoms with Crippen LogP contribution < -0.4 is 10.6 Å². The van der Waals surface area contributed by atoms with E-state index in [1.807, 2.05) is 50.4 Å². The zero-order valence-electron chi connectivity index (χ0n) is 16.1. The van der Waals surface area contributed by atoms with E-state index in [4.69, 9.17) is 4.52 Å². The summed E-state index contributed by atoms with van der Waals surface area (Å²) in [6.45, 7) is 4.01. The van der Waals surface area contributed by atoms with Crippen LogP contribution in [0.1, 0.15) is 57.2 Å². The second-order valence-electron chi connectivity index (χ2n) is 7.48. The summed E-state index contributed by atoms with van der Waals surface area (Å²) in [5.74, 6) is 1.32. The molecule has 1 fully saturated rings. The van der Waals surface area contributed by atoms with Gasteiger partial charge in [-0.05, 0) is 43.2 Å². The van der Waals surface area contributed by atoms with Crippen molar-refractivity contribution in [3.05, 3.63) is 54.4 Å². The molecule has 0 saturated heterocycles. The van der Waals surface area contributed by atoms with E-state index in [1.54, 1.807) is 10.9 Å². The second-order valence-corrected chi connectivity index (χ2v) is 7.48. The summed E-state index contributed by atoms with van der Waals surface area (Å²) >= 11 is 0. The van der Waals surface area contributed by atoms with Gasteiger partial charge in [-0.3, -0.25) is 0 Å². The minimum atomic E-state index is -0.574. The van der Waals surface area contributed by atoms with Gasteiger partial charge in [-0.2, -0.15) is 10.1 Å². The molecular formula is C20H24N6O2. The van der Waals surface area contributed by atoms with Gasteiger partial charge in [0.2, 0.25) is 5.89 Å². The van der Waals surface area contributed by atoms with Crippen molar-refractivity contribution in [2.75, 3.05) is 5.32 Å². The molecular weight excluding hydrogens is 356 g/mol. The van der Waals surface area contributed by atoms with E-state index in [0.29, 0.717) is 17.4 Å². The second kappa shape index (κ2) is 7.46. The van der Waals surface area contributed by atoms with Gasteiger partial charge < -0.3 is 15.2 Å². The third kappa shape index (κ3) is 3.62. The lowest BCUT2D eigenvalue weighted by molar-refractivity contribution is 0.232. The highest BCUT2D eigenvalue weighted by Gasteiger charge is 2.41. The van der Waals surface area contributed by atoms with Crippen LogP contribution in [0.25, 0.3) is 5.69 Å². The smallest absolute Gasteiger partial charge is 0.320 e. The van der Waals surface area contributed by atoms with Crippen LogP contribution in [0.4, 0.5) is 10.5 Å². The van der Waals surface area contributed by atoms with Crippen LogP contribution in [0, 0.1) is 0 Å². The Hall–Kier alpha value is -3.16. The molecule has 146 valence electrons. The van der Waals surface area contributed by atoms with Gasteiger partial charge in [-0.15, -0.1) is 0 Å². The maximum atomic E-state index is 12.7. The van der Waals surface area contributed by atoms with Crippen LogP contribution >= 0.6 is 0 Å². The summed E-state index contributed by atoms with van der Waals surface area (Å²) in [6, 6.07) is 9.10. The van der Waals surface area contributed by atoms with Crippen molar-refractivity contribution in [2.24, 2.45) is 0 Å². The molecule has 8 nitrogen and oxygen atoms in total. The first-order valence-electron chi connectivity index (χ1n) is 9.59. The standard InChI is InChI=1S/C20H24N6O2/c1-14(2)17-23-18(25-28-17)20(10-3-4-11-20)24-19(27)22-15-6-8-16(9-7-15)26-13-5-12-21-26/h5-9,12-14H,3-4,10-11H2,1-2H3,(H2,22,24,27). The fourth-order valence-corrected chi connectivity index (χ4v) is 3.55. The highest BCUT2D eigenvalue weighted by atomic mass is 16.5. The molecule has 4 rings (SSSR count). The number of amides is 2. The maximum absolute atomic E-state index is 12.7. The normalized spacial score (nSPS) is 15.7. The Labute approximate surface area is 163 Å². The summed E-state index contributed by atoms with van der Waals surface area (Å²) in [6.07, 6.45) is 7.23. The number of hydrogen-bond donors (Lipinski definition) is 2. The summed E-state index contributed by atoms with van der Waals surface area (Å²) in [4.78, 5) is 17.2. The van der Waals surface area contributed by atoms with Crippen molar-refractivity contribution >= 4 is 11.7 Å². The first-order valence-corrected chi connectivity index (χ1v) is 9.59. The van der Waals surface area contributed by atoms with Gasteiger partial charge in [0.15, 0.2) is 5.82 Å². The zero-order valence-corrected chi connectivity index (χ0v) is 16.1. The largest absolute Gasteiger partial charge is 0.339 e. The topological polar surface area (TPSA) is 97.9 Å². The number of carbonyl (C=O) groups excluding carboxylic acids is 1. The van der Waals surface area contributed by atoms with Gasteiger partial charge in [-0.25, -0.2) is 9.48 Å². The predicted octanol–water partition coefficient (Wildman–Crippen LogP) is 3.97. The number of benzene rings is 1. The summed E-state index contributed by atoms with van der Waals surface area (Å²) in [7, 11) is 0. The fourth-order valence-electron chi connectivity index (χ4n) is 3.55. The molecule has 1 aliphatic carbocycles. The molecule has 1 saturated carbocycles. The molecule has 2 amide bonds. The van der Waals surface area contributed by atoms with Crippen molar-refractivity contribution in [2.45, 2.75) is 51.0 Å². The van der Waals surface area contributed by atoms with Crippen molar-refractivity contribution < 1.29 is 9.32 Å². The number of urea groups is 1. The monoisotopic (exact) mass is 380 g/mol. The number of anilines is 1. The van der Waals surface area contributed by atoms with E-state index >= 15 is 0 Å². The number of nitrogens with zero attached hydrogens (tertiary/aromatic N) is 4. The van der Waals surface area contributed by atoms with Gasteiger partial charge in [0.05, 0.1) is 5.69 Å². The van der Waals surface area contributed by atoms with Crippen LogP contribution in [0.2, 0.25) is 0 Å². The Kier molecular flexibility index (Phi) is 4.85. The average Bonchev–Trinajstić information content (AvgIpc) is 3.43. The molecule has 1 aliphatic rings. The molecule has 1 aromatic carbocycles. The van der Waals surface area contributed by atoms with E-state index in [2.05, 4.69) is 25.9 Å². The van der Waals surface area contributed by atoms with Gasteiger partial charge in [-0.1, -0.05) is 31.8 Å². The van der Waals surface area contributed by atoms with Crippen LogP contribution in [0.3, 0.4) is 0 Å². The molecule has 0 spiro atoms. The Morgan fingerprint density at radius 1 is 1.21 bits per heavy atom. The maximum Gasteiger partial charge on any atom is 0.320 e. The number of hydrogen-bond acceptors (Lipinski definition) is 5. The molecule has 3 aromatic rings. The Balaban J connectivity index is 1.46. The van der Waals surface area contributed by atoms with Gasteiger partial charge in [0.25, 0.3) is 0 Å². The molecule has 0 unspecified atom stereocenters. The molecule has 2 N–H and O–H groups in total. The quantitative estimate of drug-likeness (QED) is 0.698. The van der Waals surface area contributed by atoms with Crippen molar-refractivity contribution in [1.82, 2.24) is 25.2 Å². The number of aromatic nitrogens is 4. The van der Waals surface area contributed by atoms with Crippen LogP contribution in [0.5, 0.6) is 0 Å². The molecule has 8 heteroatoms. The third-order valence-corrected chi connectivity index (χ3v) is 5.07. The third-order valence-electron chi connectivity index (χ3n) is 5.07. The lowest BCUT2D eigenvalue weighted by Crippen LogP contribution is -2.46. The zero-order chi connectivity index (χ0) is 19.6.